The summed E-state index contributed by atoms with van der Waals surface area (Å²) in [5, 5.41) is 10.3. The zero-order valence-electron chi connectivity index (χ0n) is 5.96. The second-order valence-electron chi connectivity index (χ2n) is 2.12. The average Bonchev–Trinajstić information content (AvgIpc) is 1.88. The Balaban J connectivity index is 2.68. The topological polar surface area (TPSA) is 65.1 Å². The molecule has 0 aromatic heterocycles. The van der Waals surface area contributed by atoms with E-state index in [1.54, 1.807) is 17.2 Å². The highest BCUT2D eigenvalue weighted by Gasteiger charge is 2.14. The summed E-state index contributed by atoms with van der Waals surface area (Å²) in [6.07, 6.45) is 3.15. The van der Waals surface area contributed by atoms with Crippen molar-refractivity contribution in [3.8, 4) is 0 Å². The SMILES string of the molecule is CCN1C(=N)C=CNC1N. The number of nitrogens with zero attached hydrogens (tertiary/aromatic N) is 1. The third-order valence-corrected chi connectivity index (χ3v) is 1.49. The molecule has 4 N–H and O–H groups in total. The Morgan fingerprint density at radius 2 is 2.60 bits per heavy atom. The summed E-state index contributed by atoms with van der Waals surface area (Å²) in [7, 11) is 0. The maximum absolute atomic E-state index is 7.40. The van der Waals surface area contributed by atoms with Gasteiger partial charge in [-0.3, -0.25) is 11.1 Å². The maximum atomic E-state index is 7.40. The molecule has 0 fully saturated rings. The molecule has 1 rings (SSSR count). The van der Waals surface area contributed by atoms with Crippen molar-refractivity contribution in [2.45, 2.75) is 13.2 Å². The lowest BCUT2D eigenvalue weighted by molar-refractivity contribution is 0.296. The van der Waals surface area contributed by atoms with Crippen molar-refractivity contribution in [2.24, 2.45) is 5.73 Å². The molecule has 1 heterocycles. The molecular formula is C6H12N4. The lowest BCUT2D eigenvalue weighted by Crippen LogP contribution is -2.54. The van der Waals surface area contributed by atoms with Gasteiger partial charge in [0.15, 0.2) is 6.29 Å². The first-order valence-corrected chi connectivity index (χ1v) is 3.29. The van der Waals surface area contributed by atoms with Crippen molar-refractivity contribution in [3.05, 3.63) is 12.3 Å². The number of amidine groups is 1. The van der Waals surface area contributed by atoms with Gasteiger partial charge in [-0.15, -0.1) is 0 Å². The second kappa shape index (κ2) is 2.70. The second-order valence-corrected chi connectivity index (χ2v) is 2.12. The summed E-state index contributed by atoms with van der Waals surface area (Å²) in [5.74, 6) is 0.466. The quantitative estimate of drug-likeness (QED) is 0.466. The standard InChI is InChI=1S/C6H12N4/c1-2-10-5(7)3-4-9-6(10)8/h3-4,6-7,9H,2,8H2,1H3. The number of hydrogen-bond donors (Lipinski definition) is 3. The molecule has 10 heavy (non-hydrogen) atoms. The van der Waals surface area contributed by atoms with Crippen LogP contribution in [0, 0.1) is 5.41 Å². The monoisotopic (exact) mass is 140 g/mol. The largest absolute Gasteiger partial charge is 0.359 e. The van der Waals surface area contributed by atoms with Crippen LogP contribution in [0.4, 0.5) is 0 Å². The van der Waals surface area contributed by atoms with Gasteiger partial charge in [-0.2, -0.15) is 0 Å². The van der Waals surface area contributed by atoms with Crippen LogP contribution in [0.2, 0.25) is 0 Å². The van der Waals surface area contributed by atoms with E-state index in [-0.39, 0.29) is 6.29 Å². The van der Waals surface area contributed by atoms with E-state index in [4.69, 9.17) is 11.1 Å². The molecule has 0 bridgehead atoms. The molecule has 4 nitrogen and oxygen atoms in total. The van der Waals surface area contributed by atoms with Crippen molar-refractivity contribution in [3.63, 3.8) is 0 Å². The molecule has 1 aliphatic heterocycles. The Labute approximate surface area is 60.2 Å². The first-order chi connectivity index (χ1) is 4.75. The van der Waals surface area contributed by atoms with Gasteiger partial charge in [0.1, 0.15) is 5.84 Å². The summed E-state index contributed by atoms with van der Waals surface area (Å²) < 4.78 is 0. The molecule has 56 valence electrons. The zero-order valence-corrected chi connectivity index (χ0v) is 5.96. The Morgan fingerprint density at radius 1 is 1.90 bits per heavy atom. The number of nitrogens with one attached hydrogen (secondary N) is 2. The predicted molar refractivity (Wildman–Crippen MR) is 40.4 cm³/mol. The van der Waals surface area contributed by atoms with Gasteiger partial charge in [0.25, 0.3) is 0 Å². The molecule has 1 aliphatic rings. The van der Waals surface area contributed by atoms with Crippen molar-refractivity contribution in [2.75, 3.05) is 6.54 Å². The van der Waals surface area contributed by atoms with Crippen LogP contribution in [0.3, 0.4) is 0 Å². The Morgan fingerprint density at radius 3 is 3.00 bits per heavy atom. The lowest BCUT2D eigenvalue weighted by Gasteiger charge is -2.31. The molecule has 0 saturated carbocycles. The first-order valence-electron chi connectivity index (χ1n) is 3.29. The number of rotatable bonds is 1. The minimum atomic E-state index is -0.234. The van der Waals surface area contributed by atoms with E-state index < -0.39 is 0 Å². The third kappa shape index (κ3) is 1.11. The summed E-state index contributed by atoms with van der Waals surface area (Å²) in [6.45, 7) is 2.73. The first kappa shape index (κ1) is 7.08. The normalized spacial score (nSPS) is 24.8. The van der Waals surface area contributed by atoms with E-state index in [0.29, 0.717) is 5.84 Å². The molecule has 0 aromatic rings. The Kier molecular flexibility index (Phi) is 1.91. The van der Waals surface area contributed by atoms with Crippen LogP contribution in [0.25, 0.3) is 0 Å². The lowest BCUT2D eigenvalue weighted by atomic mass is 10.4. The molecule has 0 amide bonds. The van der Waals surface area contributed by atoms with Gasteiger partial charge < -0.3 is 10.2 Å². The van der Waals surface area contributed by atoms with Gasteiger partial charge in [0.05, 0.1) is 0 Å². The molecule has 0 spiro atoms. The van der Waals surface area contributed by atoms with Gasteiger partial charge in [-0.05, 0) is 13.0 Å². The van der Waals surface area contributed by atoms with Crippen molar-refractivity contribution >= 4 is 5.84 Å². The third-order valence-electron chi connectivity index (χ3n) is 1.49. The fourth-order valence-electron chi connectivity index (χ4n) is 0.928. The highest BCUT2D eigenvalue weighted by molar-refractivity contribution is 5.90. The smallest absolute Gasteiger partial charge is 0.153 e. The van der Waals surface area contributed by atoms with E-state index in [2.05, 4.69) is 5.32 Å². The van der Waals surface area contributed by atoms with Crippen LogP contribution in [-0.4, -0.2) is 23.6 Å². The number of hydrogen-bond acceptors (Lipinski definition) is 3. The molecule has 0 radical (unpaired) electrons. The zero-order chi connectivity index (χ0) is 7.56. The molecule has 1 unspecified atom stereocenters. The number of nitrogens with two attached hydrogens (primary N) is 1. The van der Waals surface area contributed by atoms with Crippen LogP contribution in [-0.2, 0) is 0 Å². The van der Waals surface area contributed by atoms with Crippen molar-refractivity contribution in [1.82, 2.24) is 10.2 Å². The van der Waals surface area contributed by atoms with E-state index in [1.807, 2.05) is 6.92 Å². The summed E-state index contributed by atoms with van der Waals surface area (Å²) in [4.78, 5) is 1.76. The minimum absolute atomic E-state index is 0.234. The molecular weight excluding hydrogens is 128 g/mol. The van der Waals surface area contributed by atoms with Crippen molar-refractivity contribution in [1.29, 1.82) is 5.41 Å². The molecule has 0 aromatic carbocycles. The van der Waals surface area contributed by atoms with Crippen LogP contribution in [0.1, 0.15) is 6.92 Å². The van der Waals surface area contributed by atoms with Gasteiger partial charge in [0, 0.05) is 12.7 Å². The molecule has 0 saturated heterocycles. The summed E-state index contributed by atoms with van der Waals surface area (Å²) >= 11 is 0. The molecule has 4 heteroatoms. The van der Waals surface area contributed by atoms with Gasteiger partial charge >= 0.3 is 0 Å². The van der Waals surface area contributed by atoms with Gasteiger partial charge in [-0.1, -0.05) is 0 Å². The fourth-order valence-corrected chi connectivity index (χ4v) is 0.928. The fraction of sp³-hybridized carbons (Fsp3) is 0.500. The summed E-state index contributed by atoms with van der Waals surface area (Å²) in [5.41, 5.74) is 5.60. The Hall–Kier alpha value is -1.03. The minimum Gasteiger partial charge on any atom is -0.359 e. The van der Waals surface area contributed by atoms with E-state index >= 15 is 0 Å². The molecule has 0 aliphatic carbocycles. The van der Waals surface area contributed by atoms with E-state index in [9.17, 15) is 0 Å². The van der Waals surface area contributed by atoms with Crippen LogP contribution < -0.4 is 11.1 Å². The van der Waals surface area contributed by atoms with E-state index in [0.717, 1.165) is 6.54 Å². The van der Waals surface area contributed by atoms with Crippen LogP contribution >= 0.6 is 0 Å². The average molecular weight is 140 g/mol. The highest BCUT2D eigenvalue weighted by atomic mass is 15.4. The Bertz CT molecular complexity index is 163. The highest BCUT2D eigenvalue weighted by Crippen LogP contribution is 1.97. The summed E-state index contributed by atoms with van der Waals surface area (Å²) in [6, 6.07) is 0. The molecule has 1 atom stereocenters. The van der Waals surface area contributed by atoms with Crippen LogP contribution in [0.5, 0.6) is 0 Å². The van der Waals surface area contributed by atoms with Crippen LogP contribution in [0.15, 0.2) is 12.3 Å². The maximum Gasteiger partial charge on any atom is 0.153 e. The van der Waals surface area contributed by atoms with E-state index in [1.165, 1.54) is 0 Å². The van der Waals surface area contributed by atoms with Gasteiger partial charge in [-0.25, -0.2) is 0 Å². The van der Waals surface area contributed by atoms with Gasteiger partial charge in [0.2, 0.25) is 0 Å². The predicted octanol–water partition coefficient (Wildman–Crippen LogP) is -0.355. The number of likely N-dealkylation sites (N-methyl/N-ethyl adjacent to an activating group) is 1. The van der Waals surface area contributed by atoms with Crippen molar-refractivity contribution < 1.29 is 0 Å².